The van der Waals surface area contributed by atoms with Crippen molar-refractivity contribution in [2.75, 3.05) is 12.4 Å². The topological polar surface area (TPSA) is 41.1 Å². The van der Waals surface area contributed by atoms with Crippen LogP contribution in [0.25, 0.3) is 0 Å². The third-order valence-electron chi connectivity index (χ3n) is 3.05. The van der Waals surface area contributed by atoms with Gasteiger partial charge in [-0.25, -0.2) is 0 Å². The molecule has 0 spiro atoms. The summed E-state index contributed by atoms with van der Waals surface area (Å²) in [4.78, 5) is 12.1. The van der Waals surface area contributed by atoms with Crippen molar-refractivity contribution < 1.29 is 4.79 Å². The van der Waals surface area contributed by atoms with Crippen LogP contribution in [0.15, 0.2) is 18.2 Å². The van der Waals surface area contributed by atoms with Gasteiger partial charge in [-0.05, 0) is 31.9 Å². The number of hydrogen-bond donors (Lipinski definition) is 2. The number of amides is 1. The molecule has 1 aromatic carbocycles. The molecular weight excluding hydrogens is 212 g/mol. The summed E-state index contributed by atoms with van der Waals surface area (Å²) in [5.41, 5.74) is 2.66. The van der Waals surface area contributed by atoms with Crippen molar-refractivity contribution in [3.05, 3.63) is 29.3 Å². The highest BCUT2D eigenvalue weighted by Gasteiger charge is 2.15. The van der Waals surface area contributed by atoms with Crippen LogP contribution in [0, 0.1) is 12.8 Å². The van der Waals surface area contributed by atoms with Gasteiger partial charge in [-0.3, -0.25) is 4.79 Å². The van der Waals surface area contributed by atoms with Crippen LogP contribution in [0.4, 0.5) is 5.69 Å². The summed E-state index contributed by atoms with van der Waals surface area (Å²) >= 11 is 0. The zero-order valence-corrected chi connectivity index (χ0v) is 11.3. The Bertz CT molecular complexity index is 399. The molecule has 3 heteroatoms. The average Bonchev–Trinajstić information content (AvgIpc) is 2.28. The van der Waals surface area contributed by atoms with Crippen molar-refractivity contribution in [1.82, 2.24) is 5.32 Å². The van der Waals surface area contributed by atoms with Crippen LogP contribution in [-0.4, -0.2) is 19.0 Å². The Morgan fingerprint density at radius 1 is 1.24 bits per heavy atom. The van der Waals surface area contributed by atoms with Crippen LogP contribution in [0.2, 0.25) is 0 Å². The van der Waals surface area contributed by atoms with E-state index < -0.39 is 0 Å². The molecule has 2 N–H and O–H groups in total. The third kappa shape index (κ3) is 3.48. The summed E-state index contributed by atoms with van der Waals surface area (Å²) in [5, 5.41) is 6.06. The number of nitrogens with one attached hydrogen (secondary N) is 2. The highest BCUT2D eigenvalue weighted by atomic mass is 16.1. The van der Waals surface area contributed by atoms with Crippen molar-refractivity contribution in [2.45, 2.75) is 33.7 Å². The van der Waals surface area contributed by atoms with Gasteiger partial charge < -0.3 is 10.6 Å². The minimum absolute atomic E-state index is 0.0146. The Balaban J connectivity index is 2.91. The third-order valence-corrected chi connectivity index (χ3v) is 3.05. The Hall–Kier alpha value is -1.51. The van der Waals surface area contributed by atoms with E-state index in [2.05, 4.69) is 24.5 Å². The van der Waals surface area contributed by atoms with Crippen molar-refractivity contribution in [2.24, 2.45) is 5.92 Å². The van der Waals surface area contributed by atoms with Gasteiger partial charge in [-0.2, -0.15) is 0 Å². The lowest BCUT2D eigenvalue weighted by molar-refractivity contribution is 0.0931. The van der Waals surface area contributed by atoms with E-state index in [4.69, 9.17) is 0 Å². The molecule has 0 bridgehead atoms. The molecule has 1 atom stereocenters. The Kier molecular flexibility index (Phi) is 4.55. The fraction of sp³-hybridized carbons (Fsp3) is 0.500. The number of hydrogen-bond acceptors (Lipinski definition) is 2. The SMILES string of the molecule is CNc1ccc(C)cc1C(=O)NC(C)C(C)C. The quantitative estimate of drug-likeness (QED) is 0.841. The molecule has 0 aliphatic heterocycles. The number of anilines is 1. The number of carbonyl (C=O) groups is 1. The van der Waals surface area contributed by atoms with Crippen LogP contribution in [0.3, 0.4) is 0 Å². The summed E-state index contributed by atoms with van der Waals surface area (Å²) in [6.45, 7) is 8.21. The second-order valence-corrected chi connectivity index (χ2v) is 4.81. The van der Waals surface area contributed by atoms with Crippen molar-refractivity contribution >= 4 is 11.6 Å². The van der Waals surface area contributed by atoms with Gasteiger partial charge in [0.15, 0.2) is 0 Å². The molecule has 0 aliphatic rings. The molecule has 0 aromatic heterocycles. The summed E-state index contributed by atoms with van der Waals surface area (Å²) in [6, 6.07) is 6.01. The highest BCUT2D eigenvalue weighted by Crippen LogP contribution is 2.17. The molecule has 1 unspecified atom stereocenters. The number of carbonyl (C=O) groups excluding carboxylic acids is 1. The molecule has 1 amide bonds. The summed E-state index contributed by atoms with van der Waals surface area (Å²) < 4.78 is 0. The van der Waals surface area contributed by atoms with E-state index in [1.54, 1.807) is 0 Å². The fourth-order valence-electron chi connectivity index (χ4n) is 1.52. The smallest absolute Gasteiger partial charge is 0.253 e. The fourth-order valence-corrected chi connectivity index (χ4v) is 1.52. The van der Waals surface area contributed by atoms with Crippen LogP contribution < -0.4 is 10.6 Å². The second kappa shape index (κ2) is 5.71. The molecule has 0 heterocycles. The molecule has 0 saturated carbocycles. The van der Waals surface area contributed by atoms with Gasteiger partial charge in [0.2, 0.25) is 0 Å². The van der Waals surface area contributed by atoms with Gasteiger partial charge in [-0.1, -0.05) is 25.5 Å². The van der Waals surface area contributed by atoms with E-state index in [0.717, 1.165) is 11.3 Å². The summed E-state index contributed by atoms with van der Waals surface area (Å²) in [7, 11) is 1.83. The van der Waals surface area contributed by atoms with Gasteiger partial charge in [-0.15, -0.1) is 0 Å². The van der Waals surface area contributed by atoms with E-state index in [0.29, 0.717) is 11.5 Å². The van der Waals surface area contributed by atoms with Crippen LogP contribution >= 0.6 is 0 Å². The normalized spacial score (nSPS) is 12.4. The molecule has 0 saturated heterocycles. The van der Waals surface area contributed by atoms with Gasteiger partial charge in [0.05, 0.1) is 5.56 Å². The lowest BCUT2D eigenvalue weighted by Crippen LogP contribution is -2.36. The molecule has 0 aliphatic carbocycles. The number of benzene rings is 1. The van der Waals surface area contributed by atoms with Crippen LogP contribution in [0.1, 0.15) is 36.7 Å². The van der Waals surface area contributed by atoms with Crippen LogP contribution in [-0.2, 0) is 0 Å². The first-order valence-electron chi connectivity index (χ1n) is 6.05. The Morgan fingerprint density at radius 3 is 2.41 bits per heavy atom. The number of aryl methyl sites for hydroxylation is 1. The standard InChI is InChI=1S/C14H22N2O/c1-9(2)11(4)16-14(17)12-8-10(3)6-7-13(12)15-5/h6-9,11,15H,1-5H3,(H,16,17). The first kappa shape index (κ1) is 13.6. The van der Waals surface area contributed by atoms with Crippen molar-refractivity contribution in [3.8, 4) is 0 Å². The molecule has 17 heavy (non-hydrogen) atoms. The minimum Gasteiger partial charge on any atom is -0.387 e. The van der Waals surface area contributed by atoms with Gasteiger partial charge in [0.25, 0.3) is 5.91 Å². The van der Waals surface area contributed by atoms with Crippen molar-refractivity contribution in [1.29, 1.82) is 0 Å². The largest absolute Gasteiger partial charge is 0.387 e. The lowest BCUT2D eigenvalue weighted by atomic mass is 10.0. The molecule has 3 nitrogen and oxygen atoms in total. The summed E-state index contributed by atoms with van der Waals surface area (Å²) in [6.07, 6.45) is 0. The predicted octanol–water partition coefficient (Wildman–Crippen LogP) is 2.81. The van der Waals surface area contributed by atoms with Crippen LogP contribution in [0.5, 0.6) is 0 Å². The number of rotatable bonds is 4. The van der Waals surface area contributed by atoms with E-state index in [1.165, 1.54) is 0 Å². The first-order valence-corrected chi connectivity index (χ1v) is 6.05. The van der Waals surface area contributed by atoms with Crippen molar-refractivity contribution in [3.63, 3.8) is 0 Å². The highest BCUT2D eigenvalue weighted by molar-refractivity contribution is 5.99. The Labute approximate surface area is 104 Å². The van der Waals surface area contributed by atoms with E-state index >= 15 is 0 Å². The maximum absolute atomic E-state index is 12.1. The zero-order valence-electron chi connectivity index (χ0n) is 11.3. The van der Waals surface area contributed by atoms with E-state index in [-0.39, 0.29) is 11.9 Å². The predicted molar refractivity (Wildman–Crippen MR) is 72.5 cm³/mol. The molecule has 1 rings (SSSR count). The molecule has 1 aromatic rings. The van der Waals surface area contributed by atoms with E-state index in [9.17, 15) is 4.79 Å². The maximum atomic E-state index is 12.1. The maximum Gasteiger partial charge on any atom is 0.253 e. The molecule has 0 fully saturated rings. The first-order chi connectivity index (χ1) is 7.95. The molecule has 0 radical (unpaired) electrons. The van der Waals surface area contributed by atoms with Gasteiger partial charge >= 0.3 is 0 Å². The van der Waals surface area contributed by atoms with E-state index in [1.807, 2.05) is 39.1 Å². The average molecular weight is 234 g/mol. The molecule has 94 valence electrons. The van der Waals surface area contributed by atoms with Gasteiger partial charge in [0.1, 0.15) is 0 Å². The second-order valence-electron chi connectivity index (χ2n) is 4.81. The Morgan fingerprint density at radius 2 is 1.88 bits per heavy atom. The minimum atomic E-state index is -0.0146. The van der Waals surface area contributed by atoms with Gasteiger partial charge in [0, 0.05) is 18.8 Å². The molecular formula is C14H22N2O. The zero-order chi connectivity index (χ0) is 13.0. The lowest BCUT2D eigenvalue weighted by Gasteiger charge is -2.18. The summed E-state index contributed by atoms with van der Waals surface area (Å²) in [5.74, 6) is 0.418. The monoisotopic (exact) mass is 234 g/mol.